The van der Waals surface area contributed by atoms with Crippen molar-refractivity contribution in [2.75, 3.05) is 13.1 Å². The van der Waals surface area contributed by atoms with Crippen LogP contribution >= 0.6 is 23.2 Å². The average Bonchev–Trinajstić information content (AvgIpc) is 2.74. The lowest BCUT2D eigenvalue weighted by atomic mass is 9.99. The van der Waals surface area contributed by atoms with Crippen LogP contribution < -0.4 is 0 Å². The first-order chi connectivity index (χ1) is 8.90. The number of rotatable bonds is 2. The predicted molar refractivity (Wildman–Crippen MR) is 72.7 cm³/mol. The molecule has 0 spiro atoms. The average molecular weight is 302 g/mol. The van der Waals surface area contributed by atoms with E-state index in [9.17, 15) is 9.59 Å². The molecule has 2 atom stereocenters. The van der Waals surface area contributed by atoms with E-state index >= 15 is 0 Å². The highest BCUT2D eigenvalue weighted by molar-refractivity contribution is 6.42. The second-order valence-electron chi connectivity index (χ2n) is 4.76. The number of likely N-dealkylation sites (tertiary alicyclic amines) is 1. The molecule has 1 aromatic carbocycles. The van der Waals surface area contributed by atoms with Crippen LogP contribution in [0.4, 0.5) is 0 Å². The van der Waals surface area contributed by atoms with Crippen LogP contribution in [0.3, 0.4) is 0 Å². The number of carbonyl (C=O) groups is 2. The molecule has 0 radical (unpaired) electrons. The van der Waals surface area contributed by atoms with Crippen molar-refractivity contribution in [2.24, 2.45) is 11.8 Å². The Morgan fingerprint density at radius 2 is 1.95 bits per heavy atom. The topological polar surface area (TPSA) is 57.6 Å². The molecular weight excluding hydrogens is 289 g/mol. The molecule has 0 aliphatic carbocycles. The molecule has 1 aromatic rings. The third-order valence-corrected chi connectivity index (χ3v) is 4.12. The number of nitrogens with zero attached hydrogens (tertiary/aromatic N) is 1. The van der Waals surface area contributed by atoms with Crippen molar-refractivity contribution < 1.29 is 14.7 Å². The molecule has 1 aliphatic rings. The minimum atomic E-state index is -0.864. The molecular formula is C13H13Cl2NO3. The number of amides is 1. The predicted octanol–water partition coefficient (Wildman–Crippen LogP) is 2.79. The number of carbonyl (C=O) groups excluding carboxylic acids is 1. The lowest BCUT2D eigenvalue weighted by molar-refractivity contribution is -0.142. The van der Waals surface area contributed by atoms with Crippen molar-refractivity contribution >= 4 is 35.1 Å². The number of benzene rings is 1. The van der Waals surface area contributed by atoms with Gasteiger partial charge in [-0.15, -0.1) is 0 Å². The maximum Gasteiger partial charge on any atom is 0.308 e. The van der Waals surface area contributed by atoms with E-state index in [1.807, 2.05) is 6.92 Å². The van der Waals surface area contributed by atoms with Gasteiger partial charge in [0.25, 0.3) is 5.91 Å². The first-order valence-electron chi connectivity index (χ1n) is 5.87. The van der Waals surface area contributed by atoms with Crippen molar-refractivity contribution in [1.82, 2.24) is 4.90 Å². The van der Waals surface area contributed by atoms with Crippen LogP contribution in [0.5, 0.6) is 0 Å². The zero-order valence-corrected chi connectivity index (χ0v) is 11.8. The number of aliphatic carboxylic acids is 1. The maximum atomic E-state index is 12.3. The zero-order valence-electron chi connectivity index (χ0n) is 10.3. The van der Waals surface area contributed by atoms with Gasteiger partial charge >= 0.3 is 5.97 Å². The fourth-order valence-electron chi connectivity index (χ4n) is 2.27. The van der Waals surface area contributed by atoms with Crippen LogP contribution in [0, 0.1) is 11.8 Å². The Bertz CT molecular complexity index is 533. The molecule has 0 aromatic heterocycles. The van der Waals surface area contributed by atoms with Crippen LogP contribution in [-0.2, 0) is 4.79 Å². The fourth-order valence-corrected chi connectivity index (χ4v) is 2.56. The standard InChI is InChI=1S/C13H13Cl2NO3/c1-7-5-16(6-9(7)13(18)19)12(17)8-2-3-10(14)11(15)4-8/h2-4,7,9H,5-6H2,1H3,(H,18,19). The van der Waals surface area contributed by atoms with Gasteiger partial charge in [0.05, 0.1) is 16.0 Å². The van der Waals surface area contributed by atoms with Crippen LogP contribution in [0.2, 0.25) is 10.0 Å². The SMILES string of the molecule is CC1CN(C(=O)c2ccc(Cl)c(Cl)c2)CC1C(=O)O. The Hall–Kier alpha value is -1.26. The quantitative estimate of drug-likeness (QED) is 0.914. The summed E-state index contributed by atoms with van der Waals surface area (Å²) >= 11 is 11.7. The van der Waals surface area contributed by atoms with Gasteiger partial charge < -0.3 is 10.0 Å². The molecule has 1 saturated heterocycles. The Morgan fingerprint density at radius 1 is 1.26 bits per heavy atom. The van der Waals surface area contributed by atoms with Crippen molar-refractivity contribution in [3.63, 3.8) is 0 Å². The third kappa shape index (κ3) is 2.85. The first kappa shape index (κ1) is 14.2. The van der Waals surface area contributed by atoms with Crippen molar-refractivity contribution in [3.8, 4) is 0 Å². The molecule has 1 N–H and O–H groups in total. The number of carboxylic acids is 1. The Kier molecular flexibility index (Phi) is 4.02. The van der Waals surface area contributed by atoms with Gasteiger partial charge in [-0.1, -0.05) is 30.1 Å². The van der Waals surface area contributed by atoms with Crippen molar-refractivity contribution in [1.29, 1.82) is 0 Å². The van der Waals surface area contributed by atoms with Gasteiger partial charge in [-0.3, -0.25) is 9.59 Å². The van der Waals surface area contributed by atoms with E-state index < -0.39 is 11.9 Å². The molecule has 19 heavy (non-hydrogen) atoms. The Labute approximate surface area is 120 Å². The van der Waals surface area contributed by atoms with Crippen molar-refractivity contribution in [2.45, 2.75) is 6.92 Å². The number of carboxylic acid groups (broad SMARTS) is 1. The van der Waals surface area contributed by atoms with Gasteiger partial charge in [0.15, 0.2) is 0 Å². The molecule has 2 unspecified atom stereocenters. The number of hydrogen-bond donors (Lipinski definition) is 1. The van der Waals surface area contributed by atoms with E-state index in [2.05, 4.69) is 0 Å². The summed E-state index contributed by atoms with van der Waals surface area (Å²) in [6, 6.07) is 4.66. The number of hydrogen-bond acceptors (Lipinski definition) is 2. The van der Waals surface area contributed by atoms with Crippen LogP contribution in [-0.4, -0.2) is 35.0 Å². The van der Waals surface area contributed by atoms with Crippen LogP contribution in [0.25, 0.3) is 0 Å². The number of halogens is 2. The van der Waals surface area contributed by atoms with E-state index in [0.29, 0.717) is 22.2 Å². The summed E-state index contributed by atoms with van der Waals surface area (Å²) in [6.07, 6.45) is 0. The first-order valence-corrected chi connectivity index (χ1v) is 6.63. The summed E-state index contributed by atoms with van der Waals surface area (Å²) in [6.45, 7) is 2.51. The lowest BCUT2D eigenvalue weighted by Crippen LogP contribution is -2.29. The molecule has 0 bridgehead atoms. The summed E-state index contributed by atoms with van der Waals surface area (Å²) < 4.78 is 0. The molecule has 0 saturated carbocycles. The second-order valence-corrected chi connectivity index (χ2v) is 5.58. The normalized spacial score (nSPS) is 22.6. The summed E-state index contributed by atoms with van der Waals surface area (Å²) in [7, 11) is 0. The monoisotopic (exact) mass is 301 g/mol. The molecule has 102 valence electrons. The fraction of sp³-hybridized carbons (Fsp3) is 0.385. The van der Waals surface area contributed by atoms with Crippen molar-refractivity contribution in [3.05, 3.63) is 33.8 Å². The molecule has 6 heteroatoms. The van der Waals surface area contributed by atoms with Crippen LogP contribution in [0.15, 0.2) is 18.2 Å². The molecule has 4 nitrogen and oxygen atoms in total. The highest BCUT2D eigenvalue weighted by Gasteiger charge is 2.37. The second kappa shape index (κ2) is 5.39. The summed E-state index contributed by atoms with van der Waals surface area (Å²) in [4.78, 5) is 24.8. The van der Waals surface area contributed by atoms with E-state index in [4.69, 9.17) is 28.3 Å². The van der Waals surface area contributed by atoms with E-state index in [-0.39, 0.29) is 18.4 Å². The summed E-state index contributed by atoms with van der Waals surface area (Å²) in [5.74, 6) is -1.64. The van der Waals surface area contributed by atoms with Gasteiger partial charge in [-0.2, -0.15) is 0 Å². The minimum absolute atomic E-state index is 0.0516. The van der Waals surface area contributed by atoms with Gasteiger partial charge in [-0.05, 0) is 24.1 Å². The molecule has 1 aliphatic heterocycles. The zero-order chi connectivity index (χ0) is 14.2. The third-order valence-electron chi connectivity index (χ3n) is 3.38. The maximum absolute atomic E-state index is 12.3. The van der Waals surface area contributed by atoms with Crippen LogP contribution in [0.1, 0.15) is 17.3 Å². The van der Waals surface area contributed by atoms with Gasteiger partial charge in [0.2, 0.25) is 0 Å². The van der Waals surface area contributed by atoms with E-state index in [0.717, 1.165) is 0 Å². The highest BCUT2D eigenvalue weighted by Crippen LogP contribution is 2.27. The Morgan fingerprint density at radius 3 is 2.47 bits per heavy atom. The molecule has 1 heterocycles. The molecule has 1 fully saturated rings. The highest BCUT2D eigenvalue weighted by atomic mass is 35.5. The van der Waals surface area contributed by atoms with Gasteiger partial charge in [0.1, 0.15) is 0 Å². The summed E-state index contributed by atoms with van der Waals surface area (Å²) in [5.41, 5.74) is 0.424. The largest absolute Gasteiger partial charge is 0.481 e. The van der Waals surface area contributed by atoms with Gasteiger partial charge in [-0.25, -0.2) is 0 Å². The molecule has 1 amide bonds. The van der Waals surface area contributed by atoms with E-state index in [1.54, 1.807) is 17.0 Å². The lowest BCUT2D eigenvalue weighted by Gasteiger charge is -2.16. The molecule has 2 rings (SSSR count). The smallest absolute Gasteiger partial charge is 0.308 e. The summed E-state index contributed by atoms with van der Waals surface area (Å²) in [5, 5.41) is 9.76. The van der Waals surface area contributed by atoms with Gasteiger partial charge in [0, 0.05) is 18.7 Å². The van der Waals surface area contributed by atoms with E-state index in [1.165, 1.54) is 6.07 Å². The Balaban J connectivity index is 2.17. The minimum Gasteiger partial charge on any atom is -0.481 e.